The fourth-order valence-electron chi connectivity index (χ4n) is 4.83. The van der Waals surface area contributed by atoms with Gasteiger partial charge in [0.15, 0.2) is 25.2 Å². The summed E-state index contributed by atoms with van der Waals surface area (Å²) in [5.74, 6) is 0. The van der Waals surface area contributed by atoms with E-state index < -0.39 is 112 Å². The zero-order chi connectivity index (χ0) is 30.6. The molecular formula is C22H37N3O17. The van der Waals surface area contributed by atoms with Gasteiger partial charge in [0.05, 0.1) is 33.0 Å². The SMILES string of the molecule is [N-]=[N+]=NCCO[C@@H]1OC[C@@H](O)[C@H](O[C@H]2OC[C@@H](O)[C@H](O[C@@H]3OC[C@@H](O)[C@H](O[C@H]4OC[C@@H](O)[C@H](O)C4O)C3O)C2O)C1O. The highest BCUT2D eigenvalue weighted by Gasteiger charge is 2.50. The van der Waals surface area contributed by atoms with Gasteiger partial charge in [0.1, 0.15) is 73.2 Å². The van der Waals surface area contributed by atoms with Gasteiger partial charge in [-0.25, -0.2) is 0 Å². The van der Waals surface area contributed by atoms with E-state index in [0.717, 1.165) is 0 Å². The fourth-order valence-corrected chi connectivity index (χ4v) is 4.83. The first-order valence-electron chi connectivity index (χ1n) is 13.2. The molecule has 0 radical (unpaired) electrons. The van der Waals surface area contributed by atoms with Gasteiger partial charge in [-0.1, -0.05) is 5.11 Å². The lowest BCUT2D eigenvalue weighted by atomic mass is 10.0. The van der Waals surface area contributed by atoms with Crippen molar-refractivity contribution in [2.75, 3.05) is 39.6 Å². The Morgan fingerprint density at radius 2 is 0.929 bits per heavy atom. The molecule has 4 heterocycles. The molecular weight excluding hydrogens is 578 g/mol. The lowest BCUT2D eigenvalue weighted by Gasteiger charge is -2.45. The van der Waals surface area contributed by atoms with E-state index in [2.05, 4.69) is 10.0 Å². The Morgan fingerprint density at radius 3 is 1.38 bits per heavy atom. The normalized spacial score (nSPS) is 48.4. The second-order valence-corrected chi connectivity index (χ2v) is 10.2. The maximum atomic E-state index is 10.9. The molecule has 20 heteroatoms. The highest BCUT2D eigenvalue weighted by Crippen LogP contribution is 2.30. The Morgan fingerprint density at radius 1 is 0.548 bits per heavy atom. The lowest BCUT2D eigenvalue weighted by molar-refractivity contribution is -0.366. The summed E-state index contributed by atoms with van der Waals surface area (Å²) < 4.78 is 43.1. The zero-order valence-corrected chi connectivity index (χ0v) is 22.1. The van der Waals surface area contributed by atoms with Crippen molar-refractivity contribution in [3.05, 3.63) is 10.4 Å². The van der Waals surface area contributed by atoms with Crippen LogP contribution in [0.3, 0.4) is 0 Å². The zero-order valence-electron chi connectivity index (χ0n) is 22.1. The molecule has 20 nitrogen and oxygen atoms in total. The van der Waals surface area contributed by atoms with Crippen LogP contribution in [0, 0.1) is 0 Å². The van der Waals surface area contributed by atoms with Gasteiger partial charge in [-0.15, -0.1) is 0 Å². The summed E-state index contributed by atoms with van der Waals surface area (Å²) in [6.07, 6.45) is -24.4. The summed E-state index contributed by atoms with van der Waals surface area (Å²) in [4.78, 5) is 2.58. The molecule has 16 atom stereocenters. The third kappa shape index (κ3) is 7.64. The molecule has 0 aromatic heterocycles. The minimum Gasteiger partial charge on any atom is -0.388 e. The molecule has 4 aliphatic rings. The average molecular weight is 616 g/mol. The van der Waals surface area contributed by atoms with E-state index in [-0.39, 0.29) is 26.4 Å². The number of azide groups is 1. The Balaban J connectivity index is 1.37. The van der Waals surface area contributed by atoms with E-state index in [1.165, 1.54) is 0 Å². The molecule has 0 bridgehead atoms. The van der Waals surface area contributed by atoms with Crippen LogP contribution in [0.2, 0.25) is 0 Å². The molecule has 9 N–H and O–H groups in total. The first kappa shape index (κ1) is 33.5. The third-order valence-electron chi connectivity index (χ3n) is 7.14. The summed E-state index contributed by atoms with van der Waals surface area (Å²) in [6, 6.07) is 0. The van der Waals surface area contributed by atoms with Crippen molar-refractivity contribution >= 4 is 0 Å². The van der Waals surface area contributed by atoms with E-state index in [9.17, 15) is 46.0 Å². The quantitative estimate of drug-likeness (QED) is 0.0478. The summed E-state index contributed by atoms with van der Waals surface area (Å²) in [5, 5.41) is 96.5. The number of nitrogens with zero attached hydrogens (tertiary/aromatic N) is 3. The minimum atomic E-state index is -1.77. The molecule has 4 unspecified atom stereocenters. The van der Waals surface area contributed by atoms with Crippen LogP contribution < -0.4 is 0 Å². The van der Waals surface area contributed by atoms with Gasteiger partial charge in [0, 0.05) is 11.5 Å². The number of aliphatic hydroxyl groups is 9. The van der Waals surface area contributed by atoms with Gasteiger partial charge in [-0.05, 0) is 5.53 Å². The molecule has 0 amide bonds. The van der Waals surface area contributed by atoms with Gasteiger partial charge in [0.25, 0.3) is 0 Å². The van der Waals surface area contributed by atoms with Crippen molar-refractivity contribution in [2.24, 2.45) is 5.11 Å². The predicted octanol–water partition coefficient (Wildman–Crippen LogP) is -5.86. The van der Waals surface area contributed by atoms with Crippen molar-refractivity contribution in [2.45, 2.75) is 98.4 Å². The molecule has 242 valence electrons. The van der Waals surface area contributed by atoms with Crippen molar-refractivity contribution < 1.29 is 83.9 Å². The Hall–Kier alpha value is -1.37. The van der Waals surface area contributed by atoms with Gasteiger partial charge >= 0.3 is 0 Å². The van der Waals surface area contributed by atoms with Crippen LogP contribution in [0.5, 0.6) is 0 Å². The summed E-state index contributed by atoms with van der Waals surface area (Å²) >= 11 is 0. The monoisotopic (exact) mass is 615 g/mol. The topological polar surface area (TPSA) is 305 Å². The number of rotatable bonds is 10. The number of hydrogen-bond acceptors (Lipinski definition) is 18. The molecule has 4 fully saturated rings. The van der Waals surface area contributed by atoms with Crippen molar-refractivity contribution in [1.82, 2.24) is 0 Å². The first-order chi connectivity index (χ1) is 20.0. The molecule has 0 saturated carbocycles. The molecule has 4 aliphatic heterocycles. The Bertz CT molecular complexity index is 902. The van der Waals surface area contributed by atoms with E-state index in [1.807, 2.05) is 0 Å². The van der Waals surface area contributed by atoms with Crippen LogP contribution in [-0.2, 0) is 37.9 Å². The molecule has 0 aliphatic carbocycles. The Kier molecular flexibility index (Phi) is 12.0. The maximum absolute atomic E-state index is 10.9. The molecule has 0 aromatic carbocycles. The van der Waals surface area contributed by atoms with Gasteiger partial charge in [-0.2, -0.15) is 0 Å². The molecule has 42 heavy (non-hydrogen) atoms. The van der Waals surface area contributed by atoms with E-state index in [0.29, 0.717) is 0 Å². The standard InChI is InChI=1S/C22H37N3O17/c23-25-24-1-2-35-19-13(32)16(8(27)4-36-19)41-21-15(34)18(10(29)6-38-21)42-22-14(33)17(9(28)5-39-22)40-20-12(31)11(30)7(26)3-37-20/h7-22,26-34H,1-6H2/t7-,8-,9-,10-,11+,12?,13?,14?,15?,16+,17+,18+,19-,20-,21-,22+/m1/s1. The van der Waals surface area contributed by atoms with Crippen LogP contribution in [0.15, 0.2) is 5.11 Å². The van der Waals surface area contributed by atoms with Gasteiger partial charge in [-0.3, -0.25) is 0 Å². The predicted molar refractivity (Wildman–Crippen MR) is 128 cm³/mol. The van der Waals surface area contributed by atoms with Crippen LogP contribution in [0.1, 0.15) is 0 Å². The average Bonchev–Trinajstić information content (AvgIpc) is 2.96. The molecule has 0 aromatic rings. The highest BCUT2D eigenvalue weighted by atomic mass is 16.8. The van der Waals surface area contributed by atoms with Gasteiger partial charge in [0.2, 0.25) is 0 Å². The number of aliphatic hydroxyl groups excluding tert-OH is 9. The van der Waals surface area contributed by atoms with Crippen molar-refractivity contribution in [1.29, 1.82) is 0 Å². The summed E-state index contributed by atoms with van der Waals surface area (Å²) in [6.45, 7) is -1.74. The molecule has 4 saturated heterocycles. The summed E-state index contributed by atoms with van der Waals surface area (Å²) in [7, 11) is 0. The van der Waals surface area contributed by atoms with Crippen LogP contribution in [0.4, 0.5) is 0 Å². The third-order valence-corrected chi connectivity index (χ3v) is 7.14. The van der Waals surface area contributed by atoms with Crippen LogP contribution in [0.25, 0.3) is 10.4 Å². The van der Waals surface area contributed by atoms with Gasteiger partial charge < -0.3 is 83.9 Å². The second-order valence-electron chi connectivity index (χ2n) is 10.2. The maximum Gasteiger partial charge on any atom is 0.186 e. The minimum absolute atomic E-state index is 0.0458. The fraction of sp³-hybridized carbons (Fsp3) is 1.00. The highest BCUT2D eigenvalue weighted by molar-refractivity contribution is 4.92. The molecule has 4 rings (SSSR count). The van der Waals surface area contributed by atoms with E-state index >= 15 is 0 Å². The Labute approximate surface area is 238 Å². The smallest absolute Gasteiger partial charge is 0.186 e. The van der Waals surface area contributed by atoms with E-state index in [1.54, 1.807) is 0 Å². The summed E-state index contributed by atoms with van der Waals surface area (Å²) in [5.41, 5.74) is 8.35. The van der Waals surface area contributed by atoms with E-state index in [4.69, 9.17) is 43.4 Å². The van der Waals surface area contributed by atoms with Crippen LogP contribution >= 0.6 is 0 Å². The number of hydrogen-bond donors (Lipinski definition) is 9. The van der Waals surface area contributed by atoms with Crippen LogP contribution in [-0.4, -0.2) is 184 Å². The van der Waals surface area contributed by atoms with Crippen molar-refractivity contribution in [3.63, 3.8) is 0 Å². The molecule has 0 spiro atoms. The number of ether oxygens (including phenoxy) is 8. The van der Waals surface area contributed by atoms with Crippen molar-refractivity contribution in [3.8, 4) is 0 Å². The second kappa shape index (κ2) is 15.1. The largest absolute Gasteiger partial charge is 0.388 e. The lowest BCUT2D eigenvalue weighted by Crippen LogP contribution is -2.63. The first-order valence-corrected chi connectivity index (χ1v) is 13.2.